The van der Waals surface area contributed by atoms with E-state index in [1.807, 2.05) is 13.8 Å². The van der Waals surface area contributed by atoms with Gasteiger partial charge >= 0.3 is 6.03 Å². The highest BCUT2D eigenvalue weighted by Gasteiger charge is 2.13. The van der Waals surface area contributed by atoms with Gasteiger partial charge in [-0.05, 0) is 44.2 Å². The van der Waals surface area contributed by atoms with E-state index in [1.54, 1.807) is 42.6 Å². The Bertz CT molecular complexity index is 938. The summed E-state index contributed by atoms with van der Waals surface area (Å²) in [6.07, 6.45) is 4.48. The van der Waals surface area contributed by atoms with Gasteiger partial charge in [0.1, 0.15) is 12.7 Å². The third-order valence-corrected chi connectivity index (χ3v) is 3.47. The Labute approximate surface area is 155 Å². The summed E-state index contributed by atoms with van der Waals surface area (Å²) in [4.78, 5) is 32.6. The zero-order valence-electron chi connectivity index (χ0n) is 14.9. The number of benzene rings is 1. The molecular formula is C18H19N7O2. The Kier molecular flexibility index (Phi) is 5.41. The van der Waals surface area contributed by atoms with Crippen molar-refractivity contribution in [1.82, 2.24) is 25.1 Å². The van der Waals surface area contributed by atoms with Crippen LogP contribution < -0.4 is 16.0 Å². The third-order valence-electron chi connectivity index (χ3n) is 3.47. The summed E-state index contributed by atoms with van der Waals surface area (Å²) < 4.78 is 1.46. The van der Waals surface area contributed by atoms with Crippen molar-refractivity contribution < 1.29 is 9.59 Å². The van der Waals surface area contributed by atoms with Gasteiger partial charge in [-0.3, -0.25) is 4.79 Å². The van der Waals surface area contributed by atoms with Gasteiger partial charge < -0.3 is 16.0 Å². The van der Waals surface area contributed by atoms with Gasteiger partial charge in [0.25, 0.3) is 5.91 Å². The number of amides is 3. The first-order chi connectivity index (χ1) is 13.0. The van der Waals surface area contributed by atoms with E-state index in [2.05, 4.69) is 31.0 Å². The summed E-state index contributed by atoms with van der Waals surface area (Å²) in [6, 6.07) is 9.78. The first-order valence-corrected chi connectivity index (χ1v) is 8.32. The molecular weight excluding hydrogens is 346 g/mol. The van der Waals surface area contributed by atoms with E-state index in [9.17, 15) is 9.59 Å². The molecule has 0 saturated heterocycles. The van der Waals surface area contributed by atoms with Crippen molar-refractivity contribution in [1.29, 1.82) is 0 Å². The van der Waals surface area contributed by atoms with Crippen molar-refractivity contribution in [2.24, 2.45) is 0 Å². The molecule has 2 heterocycles. The van der Waals surface area contributed by atoms with E-state index in [4.69, 9.17) is 0 Å². The largest absolute Gasteiger partial charge is 0.336 e. The fourth-order valence-electron chi connectivity index (χ4n) is 2.36. The predicted octanol–water partition coefficient (Wildman–Crippen LogP) is 2.44. The van der Waals surface area contributed by atoms with E-state index in [1.165, 1.54) is 17.3 Å². The smallest absolute Gasteiger partial charge is 0.319 e. The average Bonchev–Trinajstić information content (AvgIpc) is 3.16. The van der Waals surface area contributed by atoms with Crippen LogP contribution in [0.5, 0.6) is 0 Å². The van der Waals surface area contributed by atoms with Gasteiger partial charge in [0.05, 0.1) is 5.69 Å². The quantitative estimate of drug-likeness (QED) is 0.643. The highest BCUT2D eigenvalue weighted by atomic mass is 16.2. The molecule has 9 nitrogen and oxygen atoms in total. The second kappa shape index (κ2) is 8.09. The zero-order chi connectivity index (χ0) is 19.2. The number of carbonyl (C=O) groups is 2. The summed E-state index contributed by atoms with van der Waals surface area (Å²) in [5, 5.41) is 12.3. The van der Waals surface area contributed by atoms with Crippen LogP contribution >= 0.6 is 0 Å². The Morgan fingerprint density at radius 1 is 1.11 bits per heavy atom. The van der Waals surface area contributed by atoms with Crippen LogP contribution in [0.3, 0.4) is 0 Å². The molecule has 138 valence electrons. The molecule has 3 rings (SSSR count). The lowest BCUT2D eigenvalue weighted by atomic mass is 10.2. The van der Waals surface area contributed by atoms with E-state index in [0.29, 0.717) is 22.8 Å². The molecule has 0 aliphatic carbocycles. The van der Waals surface area contributed by atoms with Crippen molar-refractivity contribution in [2.75, 3.05) is 10.6 Å². The first-order valence-electron chi connectivity index (χ1n) is 8.32. The van der Waals surface area contributed by atoms with Crippen LogP contribution in [0.1, 0.15) is 24.2 Å². The highest BCUT2D eigenvalue weighted by Crippen LogP contribution is 2.18. The summed E-state index contributed by atoms with van der Waals surface area (Å²) in [5.74, 6) is 0.117. The van der Waals surface area contributed by atoms with Crippen LogP contribution in [0, 0.1) is 0 Å². The third kappa shape index (κ3) is 4.66. The van der Waals surface area contributed by atoms with Crippen molar-refractivity contribution in [3.05, 3.63) is 60.8 Å². The Morgan fingerprint density at radius 3 is 2.70 bits per heavy atom. The second-order valence-corrected chi connectivity index (χ2v) is 6.00. The topological polar surface area (TPSA) is 114 Å². The molecule has 27 heavy (non-hydrogen) atoms. The van der Waals surface area contributed by atoms with E-state index in [-0.39, 0.29) is 18.0 Å². The van der Waals surface area contributed by atoms with E-state index >= 15 is 0 Å². The van der Waals surface area contributed by atoms with Gasteiger partial charge in [-0.15, -0.1) is 0 Å². The van der Waals surface area contributed by atoms with Crippen molar-refractivity contribution in [2.45, 2.75) is 19.9 Å². The van der Waals surface area contributed by atoms with Crippen LogP contribution in [0.2, 0.25) is 0 Å². The number of pyridine rings is 1. The molecule has 3 aromatic rings. The number of rotatable bonds is 5. The minimum Gasteiger partial charge on any atom is -0.336 e. The fraction of sp³-hybridized carbons (Fsp3) is 0.167. The number of anilines is 2. The van der Waals surface area contributed by atoms with Gasteiger partial charge in [0.2, 0.25) is 0 Å². The maximum atomic E-state index is 12.6. The monoisotopic (exact) mass is 365 g/mol. The number of urea groups is 1. The van der Waals surface area contributed by atoms with Crippen molar-refractivity contribution >= 4 is 23.3 Å². The Hall–Kier alpha value is -3.75. The van der Waals surface area contributed by atoms with Crippen LogP contribution in [-0.2, 0) is 0 Å². The van der Waals surface area contributed by atoms with Crippen LogP contribution in [0.15, 0.2) is 55.2 Å². The zero-order valence-corrected chi connectivity index (χ0v) is 14.9. The van der Waals surface area contributed by atoms with Crippen LogP contribution in [-0.4, -0.2) is 37.7 Å². The fourth-order valence-corrected chi connectivity index (χ4v) is 2.36. The molecule has 0 unspecified atom stereocenters. The molecule has 0 fully saturated rings. The summed E-state index contributed by atoms with van der Waals surface area (Å²) >= 11 is 0. The number of hydrogen-bond donors (Lipinski definition) is 3. The number of nitrogens with zero attached hydrogens (tertiary/aromatic N) is 4. The first kappa shape index (κ1) is 18.1. The molecule has 0 aliphatic rings. The molecule has 0 aliphatic heterocycles. The molecule has 1 aromatic carbocycles. The Balaban J connectivity index is 1.76. The average molecular weight is 365 g/mol. The molecule has 0 saturated carbocycles. The van der Waals surface area contributed by atoms with Crippen LogP contribution in [0.25, 0.3) is 5.82 Å². The minimum absolute atomic E-state index is 0.0114. The summed E-state index contributed by atoms with van der Waals surface area (Å²) in [7, 11) is 0. The van der Waals surface area contributed by atoms with Gasteiger partial charge in [-0.1, -0.05) is 6.07 Å². The van der Waals surface area contributed by atoms with E-state index < -0.39 is 0 Å². The molecule has 0 spiro atoms. The Morgan fingerprint density at radius 2 is 1.96 bits per heavy atom. The SMILES string of the molecule is CC(C)NC(=O)Nc1cccc(C(=O)Nc2cccnc2-n2cncn2)c1. The minimum atomic E-state index is -0.336. The van der Waals surface area contributed by atoms with E-state index in [0.717, 1.165) is 0 Å². The maximum Gasteiger partial charge on any atom is 0.319 e. The molecule has 3 N–H and O–H groups in total. The van der Waals surface area contributed by atoms with Gasteiger partial charge in [0.15, 0.2) is 5.82 Å². The predicted molar refractivity (Wildman–Crippen MR) is 101 cm³/mol. The number of nitrogens with one attached hydrogen (secondary N) is 3. The number of carbonyl (C=O) groups excluding carboxylic acids is 2. The molecule has 0 atom stereocenters. The molecule has 3 amide bonds. The van der Waals surface area contributed by atoms with Crippen molar-refractivity contribution in [3.63, 3.8) is 0 Å². The lowest BCUT2D eigenvalue weighted by molar-refractivity contribution is 0.102. The van der Waals surface area contributed by atoms with Gasteiger partial charge in [0, 0.05) is 23.5 Å². The lowest BCUT2D eigenvalue weighted by Gasteiger charge is -2.12. The molecule has 0 radical (unpaired) electrons. The standard InChI is InChI=1S/C18H19N7O2/c1-12(2)22-18(27)23-14-6-3-5-13(9-14)17(26)24-15-7-4-8-20-16(15)25-11-19-10-21-25/h3-12H,1-2H3,(H,24,26)(H2,22,23,27). The highest BCUT2D eigenvalue weighted by molar-refractivity contribution is 6.06. The lowest BCUT2D eigenvalue weighted by Crippen LogP contribution is -2.34. The normalized spacial score (nSPS) is 10.5. The number of hydrogen-bond acceptors (Lipinski definition) is 5. The molecule has 0 bridgehead atoms. The van der Waals surface area contributed by atoms with Gasteiger partial charge in [-0.25, -0.2) is 19.4 Å². The number of aromatic nitrogens is 4. The van der Waals surface area contributed by atoms with Gasteiger partial charge in [-0.2, -0.15) is 5.10 Å². The van der Waals surface area contributed by atoms with Crippen LogP contribution in [0.4, 0.5) is 16.2 Å². The summed E-state index contributed by atoms with van der Waals surface area (Å²) in [5.41, 5.74) is 1.40. The maximum absolute atomic E-state index is 12.6. The molecule has 2 aromatic heterocycles. The molecule has 9 heteroatoms. The summed E-state index contributed by atoms with van der Waals surface area (Å²) in [6.45, 7) is 3.73. The van der Waals surface area contributed by atoms with Crippen molar-refractivity contribution in [3.8, 4) is 5.82 Å². The second-order valence-electron chi connectivity index (χ2n) is 6.00.